The summed E-state index contributed by atoms with van der Waals surface area (Å²) in [5.41, 5.74) is 1.23. The number of hydrogen-bond acceptors (Lipinski definition) is 4. The molecule has 1 aromatic carbocycles. The average Bonchev–Trinajstić information content (AvgIpc) is 3.17. The van der Waals surface area contributed by atoms with Gasteiger partial charge in [0.05, 0.1) is 11.4 Å². The first kappa shape index (κ1) is 23.4. The van der Waals surface area contributed by atoms with Crippen LogP contribution in [-0.2, 0) is 6.54 Å². The second-order valence-electron chi connectivity index (χ2n) is 7.11. The molecule has 0 amide bonds. The van der Waals surface area contributed by atoms with Gasteiger partial charge in [-0.25, -0.2) is 13.8 Å². The average molecular weight is 519 g/mol. The van der Waals surface area contributed by atoms with Crippen LogP contribution < -0.4 is 10.2 Å². The summed E-state index contributed by atoms with van der Waals surface area (Å²) >= 11 is 0. The summed E-state index contributed by atoms with van der Waals surface area (Å²) in [4.78, 5) is 8.64. The lowest BCUT2D eigenvalue weighted by molar-refractivity contribution is 0.362. The van der Waals surface area contributed by atoms with Crippen LogP contribution in [-0.4, -0.2) is 48.7 Å². The Bertz CT molecular complexity index is 819. The summed E-state index contributed by atoms with van der Waals surface area (Å²) < 4.78 is 32.8. The smallest absolute Gasteiger partial charge is 0.194 e. The standard InChI is InChI=1S/C20H27F2N5O.HI/c1-4-23-20(24-13-16-12-18(14(2)3)25-28-16)27-9-7-26(8-10-27)19-11-15(21)5-6-17(19)22;/h5-6,11-12,14H,4,7-10,13H2,1-3H3,(H,23,24);1H. The molecule has 1 saturated heterocycles. The summed E-state index contributed by atoms with van der Waals surface area (Å²) in [6.07, 6.45) is 0. The van der Waals surface area contributed by atoms with Crippen molar-refractivity contribution in [2.45, 2.75) is 33.2 Å². The Morgan fingerprint density at radius 3 is 2.55 bits per heavy atom. The largest absolute Gasteiger partial charge is 0.366 e. The number of piperazine rings is 1. The van der Waals surface area contributed by atoms with Gasteiger partial charge in [-0.15, -0.1) is 24.0 Å². The molecule has 0 atom stereocenters. The van der Waals surface area contributed by atoms with E-state index < -0.39 is 11.6 Å². The minimum absolute atomic E-state index is 0. The maximum atomic E-state index is 14.0. The molecule has 0 bridgehead atoms. The van der Waals surface area contributed by atoms with Crippen molar-refractivity contribution in [2.24, 2.45) is 4.99 Å². The Morgan fingerprint density at radius 2 is 1.93 bits per heavy atom. The predicted octanol–water partition coefficient (Wildman–Crippen LogP) is 3.98. The van der Waals surface area contributed by atoms with Crippen molar-refractivity contribution >= 4 is 35.6 Å². The molecular weight excluding hydrogens is 491 g/mol. The van der Waals surface area contributed by atoms with E-state index in [1.54, 1.807) is 0 Å². The number of rotatable bonds is 5. The van der Waals surface area contributed by atoms with Gasteiger partial charge in [0, 0.05) is 44.9 Å². The molecule has 29 heavy (non-hydrogen) atoms. The summed E-state index contributed by atoms with van der Waals surface area (Å²) in [5, 5.41) is 7.35. The molecule has 160 valence electrons. The highest BCUT2D eigenvalue weighted by molar-refractivity contribution is 14.0. The summed E-state index contributed by atoms with van der Waals surface area (Å²) in [6, 6.07) is 5.49. The molecule has 3 rings (SSSR count). The second-order valence-corrected chi connectivity index (χ2v) is 7.11. The minimum atomic E-state index is -0.429. The van der Waals surface area contributed by atoms with E-state index in [9.17, 15) is 8.78 Å². The van der Waals surface area contributed by atoms with Crippen LogP contribution in [0, 0.1) is 11.6 Å². The molecular formula is C20H28F2IN5O. The van der Waals surface area contributed by atoms with Gasteiger partial charge in [0.2, 0.25) is 0 Å². The summed E-state index contributed by atoms with van der Waals surface area (Å²) in [7, 11) is 0. The number of nitrogens with one attached hydrogen (secondary N) is 1. The number of aliphatic imine (C=N–C) groups is 1. The molecule has 2 aromatic rings. The van der Waals surface area contributed by atoms with E-state index >= 15 is 0 Å². The van der Waals surface area contributed by atoms with Crippen molar-refractivity contribution in [3.63, 3.8) is 0 Å². The normalized spacial score (nSPS) is 14.9. The lowest BCUT2D eigenvalue weighted by atomic mass is 10.1. The fourth-order valence-corrected chi connectivity index (χ4v) is 3.14. The first-order valence-electron chi connectivity index (χ1n) is 9.66. The number of benzene rings is 1. The zero-order valence-corrected chi connectivity index (χ0v) is 19.3. The third-order valence-corrected chi connectivity index (χ3v) is 4.72. The summed E-state index contributed by atoms with van der Waals surface area (Å²) in [6.45, 7) is 9.79. The number of aromatic nitrogens is 1. The zero-order valence-electron chi connectivity index (χ0n) is 17.0. The zero-order chi connectivity index (χ0) is 20.1. The molecule has 9 heteroatoms. The van der Waals surface area contributed by atoms with Crippen molar-refractivity contribution in [2.75, 3.05) is 37.6 Å². The van der Waals surface area contributed by atoms with Gasteiger partial charge in [0.15, 0.2) is 11.7 Å². The molecule has 0 radical (unpaired) electrons. The number of nitrogens with zero attached hydrogens (tertiary/aromatic N) is 4. The number of halogens is 3. The van der Waals surface area contributed by atoms with E-state index in [2.05, 4.69) is 34.2 Å². The van der Waals surface area contributed by atoms with Gasteiger partial charge < -0.3 is 19.6 Å². The van der Waals surface area contributed by atoms with Crippen molar-refractivity contribution in [3.05, 3.63) is 47.4 Å². The molecule has 0 unspecified atom stereocenters. The molecule has 6 nitrogen and oxygen atoms in total. The highest BCUT2D eigenvalue weighted by Gasteiger charge is 2.22. The summed E-state index contributed by atoms with van der Waals surface area (Å²) in [5.74, 6) is 0.984. The van der Waals surface area contributed by atoms with E-state index in [4.69, 9.17) is 4.52 Å². The van der Waals surface area contributed by atoms with E-state index in [0.717, 1.165) is 30.0 Å². The molecule has 0 spiro atoms. The van der Waals surface area contributed by atoms with E-state index in [-0.39, 0.29) is 24.0 Å². The van der Waals surface area contributed by atoms with Gasteiger partial charge in [0.25, 0.3) is 0 Å². The topological polar surface area (TPSA) is 56.9 Å². The molecule has 1 aliphatic rings. The van der Waals surface area contributed by atoms with Crippen LogP contribution in [0.25, 0.3) is 0 Å². The fourth-order valence-electron chi connectivity index (χ4n) is 3.14. The molecule has 1 fully saturated rings. The molecule has 2 heterocycles. The van der Waals surface area contributed by atoms with Crippen LogP contribution in [0.5, 0.6) is 0 Å². The van der Waals surface area contributed by atoms with Crippen LogP contribution in [0.4, 0.5) is 14.5 Å². The maximum Gasteiger partial charge on any atom is 0.194 e. The van der Waals surface area contributed by atoms with Crippen molar-refractivity contribution in [3.8, 4) is 0 Å². The van der Waals surface area contributed by atoms with Crippen molar-refractivity contribution < 1.29 is 13.3 Å². The predicted molar refractivity (Wildman–Crippen MR) is 121 cm³/mol. The minimum Gasteiger partial charge on any atom is -0.366 e. The van der Waals surface area contributed by atoms with Gasteiger partial charge in [-0.3, -0.25) is 0 Å². The lowest BCUT2D eigenvalue weighted by Crippen LogP contribution is -2.52. The van der Waals surface area contributed by atoms with Gasteiger partial charge in [-0.05, 0) is 25.0 Å². The Kier molecular flexibility index (Phi) is 8.66. The molecule has 1 aliphatic heterocycles. The van der Waals surface area contributed by atoms with Crippen LogP contribution in [0.15, 0.2) is 33.8 Å². The monoisotopic (exact) mass is 519 g/mol. The molecule has 0 saturated carbocycles. The molecule has 1 N–H and O–H groups in total. The third-order valence-electron chi connectivity index (χ3n) is 4.72. The van der Waals surface area contributed by atoms with Crippen LogP contribution in [0.1, 0.15) is 38.1 Å². The quantitative estimate of drug-likeness (QED) is 0.368. The van der Waals surface area contributed by atoms with Crippen molar-refractivity contribution in [1.82, 2.24) is 15.4 Å². The van der Waals surface area contributed by atoms with Gasteiger partial charge in [-0.2, -0.15) is 0 Å². The number of anilines is 1. The highest BCUT2D eigenvalue weighted by Crippen LogP contribution is 2.22. The maximum absolute atomic E-state index is 14.0. The fraction of sp³-hybridized carbons (Fsp3) is 0.500. The van der Waals surface area contributed by atoms with Gasteiger partial charge >= 0.3 is 0 Å². The van der Waals surface area contributed by atoms with Gasteiger partial charge in [-0.1, -0.05) is 19.0 Å². The number of hydrogen-bond donors (Lipinski definition) is 1. The first-order chi connectivity index (χ1) is 13.5. The highest BCUT2D eigenvalue weighted by atomic mass is 127. The van der Waals surface area contributed by atoms with Crippen LogP contribution >= 0.6 is 24.0 Å². The Hall–Kier alpha value is -1.91. The third kappa shape index (κ3) is 6.03. The SMILES string of the molecule is CCNC(=NCc1cc(C(C)C)no1)N1CCN(c2cc(F)ccc2F)CC1.I. The lowest BCUT2D eigenvalue weighted by Gasteiger charge is -2.37. The Labute approximate surface area is 187 Å². The van der Waals surface area contributed by atoms with E-state index in [1.807, 2.05) is 17.9 Å². The second kappa shape index (κ2) is 10.7. The first-order valence-corrected chi connectivity index (χ1v) is 9.66. The van der Waals surface area contributed by atoms with Crippen molar-refractivity contribution in [1.29, 1.82) is 0 Å². The van der Waals surface area contributed by atoms with Crippen LogP contribution in [0.3, 0.4) is 0 Å². The Morgan fingerprint density at radius 1 is 1.21 bits per heavy atom. The van der Waals surface area contributed by atoms with Crippen LogP contribution in [0.2, 0.25) is 0 Å². The Balaban J connectivity index is 0.00000300. The van der Waals surface area contributed by atoms with E-state index in [0.29, 0.717) is 44.3 Å². The number of guanidine groups is 1. The molecule has 0 aliphatic carbocycles. The molecule has 1 aromatic heterocycles. The van der Waals surface area contributed by atoms with E-state index in [1.165, 1.54) is 12.1 Å². The van der Waals surface area contributed by atoms with Gasteiger partial charge in [0.1, 0.15) is 18.2 Å².